The van der Waals surface area contributed by atoms with Crippen molar-refractivity contribution in [3.8, 4) is 5.75 Å². The fraction of sp³-hybridized carbons (Fsp3) is 0.632. The van der Waals surface area contributed by atoms with Crippen LogP contribution >= 0.6 is 0 Å². The molecule has 2 N–H and O–H groups in total. The van der Waals surface area contributed by atoms with E-state index >= 15 is 0 Å². The second-order valence-corrected chi connectivity index (χ2v) is 6.62. The van der Waals surface area contributed by atoms with Gasteiger partial charge in [0.2, 0.25) is 0 Å². The van der Waals surface area contributed by atoms with Crippen LogP contribution in [0.25, 0.3) is 0 Å². The van der Waals surface area contributed by atoms with E-state index in [9.17, 15) is 8.78 Å². The minimum absolute atomic E-state index is 0.187. The average molecular weight is 383 g/mol. The number of guanidine groups is 1. The van der Waals surface area contributed by atoms with Crippen LogP contribution in [-0.4, -0.2) is 75.2 Å². The largest absolute Gasteiger partial charge is 0.434 e. The van der Waals surface area contributed by atoms with E-state index in [0.717, 1.165) is 51.4 Å². The Morgan fingerprint density at radius 3 is 2.52 bits per heavy atom. The summed E-state index contributed by atoms with van der Waals surface area (Å²) < 4.78 is 29.7. The van der Waals surface area contributed by atoms with Crippen molar-refractivity contribution in [2.45, 2.75) is 27.0 Å². The minimum Gasteiger partial charge on any atom is -0.434 e. The predicted octanol–water partition coefficient (Wildman–Crippen LogP) is 1.90. The van der Waals surface area contributed by atoms with E-state index in [1.807, 2.05) is 13.0 Å². The molecular formula is C19H31F2N5O. The summed E-state index contributed by atoms with van der Waals surface area (Å²) in [5.74, 6) is 0.832. The molecule has 152 valence electrons. The zero-order chi connectivity index (χ0) is 19.6. The van der Waals surface area contributed by atoms with Crippen molar-refractivity contribution in [1.29, 1.82) is 0 Å². The zero-order valence-electron chi connectivity index (χ0n) is 16.5. The lowest BCUT2D eigenvalue weighted by Crippen LogP contribution is -2.49. The number of hydrogen-bond donors (Lipinski definition) is 2. The Morgan fingerprint density at radius 2 is 1.89 bits per heavy atom. The van der Waals surface area contributed by atoms with E-state index in [1.54, 1.807) is 19.2 Å². The number of nitrogens with zero attached hydrogens (tertiary/aromatic N) is 3. The van der Waals surface area contributed by atoms with Crippen LogP contribution in [0.3, 0.4) is 0 Å². The highest BCUT2D eigenvalue weighted by Gasteiger charge is 2.15. The first-order chi connectivity index (χ1) is 13.0. The summed E-state index contributed by atoms with van der Waals surface area (Å²) in [5.41, 5.74) is 1.66. The quantitative estimate of drug-likeness (QED) is 0.531. The number of halogens is 2. The van der Waals surface area contributed by atoms with Gasteiger partial charge in [-0.2, -0.15) is 8.78 Å². The summed E-state index contributed by atoms with van der Waals surface area (Å²) in [4.78, 5) is 9.08. The van der Waals surface area contributed by atoms with Gasteiger partial charge in [-0.3, -0.25) is 9.89 Å². The molecule has 0 unspecified atom stereocenters. The molecular weight excluding hydrogens is 352 g/mol. The molecule has 0 atom stereocenters. The molecule has 1 aliphatic heterocycles. The second-order valence-electron chi connectivity index (χ2n) is 6.62. The van der Waals surface area contributed by atoms with Gasteiger partial charge in [0.25, 0.3) is 0 Å². The Kier molecular flexibility index (Phi) is 8.74. The van der Waals surface area contributed by atoms with Gasteiger partial charge in [-0.15, -0.1) is 0 Å². The molecule has 0 bridgehead atoms. The minimum atomic E-state index is -2.84. The van der Waals surface area contributed by atoms with Gasteiger partial charge in [0.1, 0.15) is 5.75 Å². The summed E-state index contributed by atoms with van der Waals surface area (Å²) in [6.45, 7) is 8.86. The van der Waals surface area contributed by atoms with Crippen molar-refractivity contribution < 1.29 is 13.5 Å². The molecule has 27 heavy (non-hydrogen) atoms. The predicted molar refractivity (Wildman–Crippen MR) is 105 cm³/mol. The van der Waals surface area contributed by atoms with Crippen LogP contribution in [0, 0.1) is 6.92 Å². The normalized spacial score (nSPS) is 16.6. The maximum Gasteiger partial charge on any atom is 0.387 e. The van der Waals surface area contributed by atoms with E-state index in [4.69, 9.17) is 0 Å². The lowest BCUT2D eigenvalue weighted by Gasteiger charge is -2.34. The Bertz CT molecular complexity index is 604. The van der Waals surface area contributed by atoms with Crippen LogP contribution < -0.4 is 15.4 Å². The van der Waals surface area contributed by atoms with Crippen molar-refractivity contribution in [2.24, 2.45) is 4.99 Å². The highest BCUT2D eigenvalue weighted by Crippen LogP contribution is 2.21. The fourth-order valence-corrected chi connectivity index (χ4v) is 3.12. The Labute approximate surface area is 160 Å². The number of likely N-dealkylation sites (N-methyl/N-ethyl adjacent to an activating group) is 1. The number of rotatable bonds is 8. The lowest BCUT2D eigenvalue weighted by atomic mass is 10.1. The van der Waals surface area contributed by atoms with Crippen molar-refractivity contribution in [3.63, 3.8) is 0 Å². The summed E-state index contributed by atoms with van der Waals surface area (Å²) in [5, 5.41) is 6.45. The molecule has 0 saturated carbocycles. The summed E-state index contributed by atoms with van der Waals surface area (Å²) in [6, 6.07) is 5.17. The number of aryl methyl sites for hydroxylation is 1. The van der Waals surface area contributed by atoms with Gasteiger partial charge in [-0.05, 0) is 19.5 Å². The first kappa shape index (κ1) is 21.4. The zero-order valence-corrected chi connectivity index (χ0v) is 16.5. The number of benzene rings is 1. The molecule has 1 aromatic rings. The van der Waals surface area contributed by atoms with Gasteiger partial charge in [0.05, 0.1) is 0 Å². The third-order valence-electron chi connectivity index (χ3n) is 4.73. The molecule has 6 nitrogen and oxygen atoms in total. The highest BCUT2D eigenvalue weighted by atomic mass is 19.3. The first-order valence-electron chi connectivity index (χ1n) is 9.45. The maximum atomic E-state index is 12.6. The molecule has 1 fully saturated rings. The molecule has 1 saturated heterocycles. The lowest BCUT2D eigenvalue weighted by molar-refractivity contribution is -0.0504. The van der Waals surface area contributed by atoms with E-state index in [-0.39, 0.29) is 5.75 Å². The second kappa shape index (κ2) is 11.0. The number of nitrogens with one attached hydrogen (secondary N) is 2. The van der Waals surface area contributed by atoms with E-state index in [1.165, 1.54) is 0 Å². The van der Waals surface area contributed by atoms with E-state index in [0.29, 0.717) is 18.1 Å². The number of hydrogen-bond acceptors (Lipinski definition) is 4. The Morgan fingerprint density at radius 1 is 1.19 bits per heavy atom. The van der Waals surface area contributed by atoms with Gasteiger partial charge >= 0.3 is 6.61 Å². The van der Waals surface area contributed by atoms with Crippen molar-refractivity contribution in [3.05, 3.63) is 29.3 Å². The molecule has 0 aromatic heterocycles. The van der Waals surface area contributed by atoms with Gasteiger partial charge in [0.15, 0.2) is 5.96 Å². The summed E-state index contributed by atoms with van der Waals surface area (Å²) >= 11 is 0. The summed E-state index contributed by atoms with van der Waals surface area (Å²) in [6.07, 6.45) is 0. The number of aliphatic imine (C=N–C) groups is 1. The van der Waals surface area contributed by atoms with Gasteiger partial charge in [0, 0.05) is 58.4 Å². The maximum absolute atomic E-state index is 12.6. The smallest absolute Gasteiger partial charge is 0.387 e. The monoisotopic (exact) mass is 383 g/mol. The number of ether oxygens (including phenoxy) is 1. The summed E-state index contributed by atoms with van der Waals surface area (Å²) in [7, 11) is 1.70. The molecule has 0 aliphatic carbocycles. The van der Waals surface area contributed by atoms with Gasteiger partial charge < -0.3 is 20.3 Å². The molecule has 1 aromatic carbocycles. The fourth-order valence-electron chi connectivity index (χ4n) is 3.12. The van der Waals surface area contributed by atoms with Crippen LogP contribution in [0.4, 0.5) is 8.78 Å². The Balaban J connectivity index is 1.78. The highest BCUT2D eigenvalue weighted by molar-refractivity contribution is 5.79. The topological polar surface area (TPSA) is 52.1 Å². The first-order valence-corrected chi connectivity index (χ1v) is 9.45. The molecule has 0 radical (unpaired) electrons. The standard InChI is InChI=1S/C19H31F2N5O/c1-4-25-9-11-26(12-10-25)8-7-23-19(22-3)24-14-16-13-15(2)5-6-17(16)27-18(20)21/h5-6,13,18H,4,7-12,14H2,1-3H3,(H2,22,23,24). The van der Waals surface area contributed by atoms with Gasteiger partial charge in [-0.25, -0.2) is 0 Å². The van der Waals surface area contributed by atoms with Crippen LogP contribution in [-0.2, 0) is 6.54 Å². The van der Waals surface area contributed by atoms with Crippen LogP contribution in [0.2, 0.25) is 0 Å². The average Bonchev–Trinajstić information content (AvgIpc) is 2.66. The van der Waals surface area contributed by atoms with Gasteiger partial charge in [-0.1, -0.05) is 24.6 Å². The van der Waals surface area contributed by atoms with Crippen molar-refractivity contribution >= 4 is 5.96 Å². The third kappa shape index (κ3) is 7.30. The van der Waals surface area contributed by atoms with Crippen LogP contribution in [0.5, 0.6) is 5.75 Å². The number of alkyl halides is 2. The van der Waals surface area contributed by atoms with Crippen molar-refractivity contribution in [2.75, 3.05) is 52.9 Å². The molecule has 1 aliphatic rings. The molecule has 0 amide bonds. The molecule has 1 heterocycles. The van der Waals surface area contributed by atoms with Crippen LogP contribution in [0.1, 0.15) is 18.1 Å². The molecule has 0 spiro atoms. The number of piperazine rings is 1. The Hall–Kier alpha value is -1.93. The third-order valence-corrected chi connectivity index (χ3v) is 4.73. The van der Waals surface area contributed by atoms with E-state index in [2.05, 4.69) is 37.1 Å². The molecule has 2 rings (SSSR count). The van der Waals surface area contributed by atoms with E-state index < -0.39 is 6.61 Å². The van der Waals surface area contributed by atoms with Crippen molar-refractivity contribution in [1.82, 2.24) is 20.4 Å². The SMILES string of the molecule is CCN1CCN(CCNC(=NC)NCc2cc(C)ccc2OC(F)F)CC1. The van der Waals surface area contributed by atoms with Crippen LogP contribution in [0.15, 0.2) is 23.2 Å². The molecule has 8 heteroatoms.